The minimum absolute atomic E-state index is 0.0554. The van der Waals surface area contributed by atoms with E-state index in [1.54, 1.807) is 37.5 Å². The number of aryl methyl sites for hydroxylation is 1. The van der Waals surface area contributed by atoms with E-state index in [1.807, 2.05) is 36.4 Å². The fourth-order valence-corrected chi connectivity index (χ4v) is 3.35. The summed E-state index contributed by atoms with van der Waals surface area (Å²) in [6, 6.07) is 17.0. The predicted molar refractivity (Wildman–Crippen MR) is 124 cm³/mol. The van der Waals surface area contributed by atoms with Crippen molar-refractivity contribution in [3.63, 3.8) is 0 Å². The Morgan fingerprint density at radius 3 is 2.21 bits per heavy atom. The first kappa shape index (κ1) is 24.2. The molecule has 1 heterocycles. The van der Waals surface area contributed by atoms with E-state index in [0.717, 1.165) is 11.1 Å². The number of hydrogen-bond donors (Lipinski definition) is 4. The number of benzene rings is 2. The number of carbonyl (C=O) groups is 4. The molecule has 0 saturated carbocycles. The van der Waals surface area contributed by atoms with E-state index in [2.05, 4.69) is 21.0 Å². The Bertz CT molecular complexity index is 1160. The maximum absolute atomic E-state index is 13.2. The van der Waals surface area contributed by atoms with E-state index in [1.165, 1.54) is 4.68 Å². The van der Waals surface area contributed by atoms with Gasteiger partial charge in [0.15, 0.2) is 0 Å². The number of aromatic nitrogens is 2. The van der Waals surface area contributed by atoms with Crippen molar-refractivity contribution in [2.24, 2.45) is 7.05 Å². The molecule has 0 aliphatic rings. The standard InChI is InChI=1S/C24H25N5O5/c1-29-15-18(20(28-29)17-10-6-3-7-11-17)22(31)27-19(14-16-8-4-2-5-9-16)21(30)23(32)25-12-13-26-24(33)34/h2-11,15,19,26H,12-14H2,1H3,(H,25,32)(H,27,31)(H,33,34)/t19-/m0/s1. The van der Waals surface area contributed by atoms with Crippen LogP contribution >= 0.6 is 0 Å². The molecule has 3 aromatic rings. The van der Waals surface area contributed by atoms with E-state index in [0.29, 0.717) is 5.69 Å². The Morgan fingerprint density at radius 2 is 1.56 bits per heavy atom. The van der Waals surface area contributed by atoms with Crippen molar-refractivity contribution in [1.29, 1.82) is 0 Å². The van der Waals surface area contributed by atoms with Crippen LogP contribution < -0.4 is 16.0 Å². The van der Waals surface area contributed by atoms with E-state index >= 15 is 0 Å². The molecule has 0 bridgehead atoms. The number of ketones is 1. The monoisotopic (exact) mass is 463 g/mol. The molecule has 0 spiro atoms. The van der Waals surface area contributed by atoms with Gasteiger partial charge in [-0.3, -0.25) is 19.1 Å². The van der Waals surface area contributed by atoms with Gasteiger partial charge in [0.1, 0.15) is 11.7 Å². The molecule has 0 aliphatic heterocycles. The highest BCUT2D eigenvalue weighted by Gasteiger charge is 2.29. The topological polar surface area (TPSA) is 142 Å². The molecule has 10 heteroatoms. The summed E-state index contributed by atoms with van der Waals surface area (Å²) in [6.07, 6.45) is 0.424. The predicted octanol–water partition coefficient (Wildman–Crippen LogP) is 1.38. The highest BCUT2D eigenvalue weighted by Crippen LogP contribution is 2.21. The zero-order chi connectivity index (χ0) is 24.5. The van der Waals surface area contributed by atoms with Crippen LogP contribution in [0.1, 0.15) is 15.9 Å². The molecule has 0 radical (unpaired) electrons. The summed E-state index contributed by atoms with van der Waals surface area (Å²) in [6.45, 7) is -0.121. The molecular formula is C24H25N5O5. The van der Waals surface area contributed by atoms with Gasteiger partial charge in [0.25, 0.3) is 11.8 Å². The second-order valence-electron chi connectivity index (χ2n) is 7.50. The minimum atomic E-state index is -1.24. The van der Waals surface area contributed by atoms with E-state index in [4.69, 9.17) is 5.11 Å². The fraction of sp³-hybridized carbons (Fsp3) is 0.208. The summed E-state index contributed by atoms with van der Waals surface area (Å²) in [4.78, 5) is 49.1. The molecule has 0 saturated heterocycles. The number of nitrogens with zero attached hydrogens (tertiary/aromatic N) is 2. The Morgan fingerprint density at radius 1 is 0.941 bits per heavy atom. The highest BCUT2D eigenvalue weighted by atomic mass is 16.4. The van der Waals surface area contributed by atoms with Gasteiger partial charge in [-0.2, -0.15) is 5.10 Å². The van der Waals surface area contributed by atoms with Gasteiger partial charge in [-0.1, -0.05) is 60.7 Å². The molecule has 1 atom stereocenters. The maximum Gasteiger partial charge on any atom is 0.404 e. The largest absolute Gasteiger partial charge is 0.465 e. The van der Waals surface area contributed by atoms with Crippen molar-refractivity contribution in [3.8, 4) is 11.3 Å². The molecule has 1 aromatic heterocycles. The van der Waals surface area contributed by atoms with Crippen LogP contribution in [0, 0.1) is 0 Å². The molecule has 4 N–H and O–H groups in total. The lowest BCUT2D eigenvalue weighted by Gasteiger charge is -2.18. The number of rotatable bonds is 10. The van der Waals surface area contributed by atoms with Crippen molar-refractivity contribution in [2.75, 3.05) is 13.1 Å². The van der Waals surface area contributed by atoms with Crippen LogP contribution in [0.25, 0.3) is 11.3 Å². The summed E-state index contributed by atoms with van der Waals surface area (Å²) >= 11 is 0. The van der Waals surface area contributed by atoms with Crippen LogP contribution in [0.2, 0.25) is 0 Å². The second kappa shape index (κ2) is 11.4. The van der Waals surface area contributed by atoms with Crippen LogP contribution in [-0.2, 0) is 23.1 Å². The van der Waals surface area contributed by atoms with E-state index < -0.39 is 29.7 Å². The van der Waals surface area contributed by atoms with Gasteiger partial charge in [-0.05, 0) is 5.56 Å². The molecule has 34 heavy (non-hydrogen) atoms. The molecule has 0 fully saturated rings. The summed E-state index contributed by atoms with van der Waals surface area (Å²) in [5.41, 5.74) is 2.22. The number of nitrogens with one attached hydrogen (secondary N) is 3. The molecule has 0 aliphatic carbocycles. The van der Waals surface area contributed by atoms with Gasteiger partial charge in [-0.25, -0.2) is 4.79 Å². The Balaban J connectivity index is 1.79. The summed E-state index contributed by atoms with van der Waals surface area (Å²) < 4.78 is 1.51. The van der Waals surface area contributed by atoms with Crippen molar-refractivity contribution >= 4 is 23.7 Å². The number of amides is 3. The van der Waals surface area contributed by atoms with Gasteiger partial charge in [-0.15, -0.1) is 0 Å². The van der Waals surface area contributed by atoms with Crippen LogP contribution in [-0.4, -0.2) is 57.7 Å². The van der Waals surface area contributed by atoms with Crippen LogP contribution in [0.5, 0.6) is 0 Å². The molecule has 10 nitrogen and oxygen atoms in total. The summed E-state index contributed by atoms with van der Waals surface area (Å²) in [7, 11) is 1.69. The fourth-order valence-electron chi connectivity index (χ4n) is 3.35. The third-order valence-corrected chi connectivity index (χ3v) is 4.94. The lowest BCUT2D eigenvalue weighted by Crippen LogP contribution is -2.49. The normalized spacial score (nSPS) is 11.3. The van der Waals surface area contributed by atoms with Crippen molar-refractivity contribution in [2.45, 2.75) is 12.5 Å². The first-order valence-corrected chi connectivity index (χ1v) is 10.6. The van der Waals surface area contributed by atoms with Crippen molar-refractivity contribution in [3.05, 3.63) is 78.0 Å². The average molecular weight is 463 g/mol. The third-order valence-electron chi connectivity index (χ3n) is 4.94. The Hall–Kier alpha value is -4.47. The number of Topliss-reactive ketones (excluding diaryl/α,β-unsaturated/α-hetero) is 1. The van der Waals surface area contributed by atoms with Crippen LogP contribution in [0.4, 0.5) is 4.79 Å². The summed E-state index contributed by atoms with van der Waals surface area (Å²) in [5.74, 6) is -2.29. The molecule has 2 aromatic carbocycles. The quantitative estimate of drug-likeness (QED) is 0.264. The molecule has 0 unspecified atom stereocenters. The first-order chi connectivity index (χ1) is 16.3. The smallest absolute Gasteiger partial charge is 0.404 e. The average Bonchev–Trinajstić information content (AvgIpc) is 3.23. The van der Waals surface area contributed by atoms with E-state index in [-0.39, 0.29) is 25.1 Å². The Kier molecular flexibility index (Phi) is 8.11. The molecule has 3 rings (SSSR count). The van der Waals surface area contributed by atoms with Gasteiger partial charge >= 0.3 is 6.09 Å². The zero-order valence-electron chi connectivity index (χ0n) is 18.5. The maximum atomic E-state index is 13.2. The SMILES string of the molecule is Cn1cc(C(=O)N[C@@H](Cc2ccccc2)C(=O)C(=O)NCCNC(=O)O)c(-c2ccccc2)n1. The van der Waals surface area contributed by atoms with Crippen LogP contribution in [0.3, 0.4) is 0 Å². The third kappa shape index (κ3) is 6.52. The Labute approximate surface area is 196 Å². The highest BCUT2D eigenvalue weighted by molar-refractivity contribution is 6.38. The van der Waals surface area contributed by atoms with Crippen LogP contribution in [0.15, 0.2) is 66.9 Å². The number of carbonyl (C=O) groups excluding carboxylic acids is 3. The molecule has 176 valence electrons. The second-order valence-corrected chi connectivity index (χ2v) is 7.50. The van der Waals surface area contributed by atoms with Gasteiger partial charge in [0, 0.05) is 38.3 Å². The molecular weight excluding hydrogens is 438 g/mol. The van der Waals surface area contributed by atoms with E-state index in [9.17, 15) is 19.2 Å². The first-order valence-electron chi connectivity index (χ1n) is 10.6. The van der Waals surface area contributed by atoms with Gasteiger partial charge < -0.3 is 21.1 Å². The lowest BCUT2D eigenvalue weighted by atomic mass is 10.0. The summed E-state index contributed by atoms with van der Waals surface area (Å²) in [5, 5.41) is 20.1. The van der Waals surface area contributed by atoms with Gasteiger partial charge in [0.05, 0.1) is 5.56 Å². The van der Waals surface area contributed by atoms with Crippen molar-refractivity contribution < 1.29 is 24.3 Å². The van der Waals surface area contributed by atoms with Gasteiger partial charge in [0.2, 0.25) is 5.78 Å². The number of hydrogen-bond acceptors (Lipinski definition) is 5. The number of carboxylic acid groups (broad SMARTS) is 1. The molecule has 3 amide bonds. The minimum Gasteiger partial charge on any atom is -0.465 e. The zero-order valence-corrected chi connectivity index (χ0v) is 18.5. The van der Waals surface area contributed by atoms with Crippen molar-refractivity contribution in [1.82, 2.24) is 25.7 Å². The lowest BCUT2D eigenvalue weighted by molar-refractivity contribution is -0.138.